The summed E-state index contributed by atoms with van der Waals surface area (Å²) in [6.07, 6.45) is 0. The molecule has 2 amide bonds. The molecule has 0 bridgehead atoms. The van der Waals surface area contributed by atoms with Gasteiger partial charge in [0.15, 0.2) is 0 Å². The van der Waals surface area contributed by atoms with Crippen LogP contribution in [0.5, 0.6) is 0 Å². The topological polar surface area (TPSA) is 58.2 Å². The van der Waals surface area contributed by atoms with Crippen molar-refractivity contribution in [1.82, 2.24) is 0 Å². The maximum Gasteiger partial charge on any atom is 0.221 e. The Hall–Kier alpha value is -3.47. The van der Waals surface area contributed by atoms with Gasteiger partial charge in [0.1, 0.15) is 5.82 Å². The molecule has 0 heterocycles. The molecular weight excluding hydrogens is 403 g/mol. The van der Waals surface area contributed by atoms with Crippen LogP contribution < -0.4 is 10.6 Å². The molecule has 3 rings (SSSR count). The molecular formula is C27H29FN2O2. The van der Waals surface area contributed by atoms with E-state index in [0.29, 0.717) is 0 Å². The van der Waals surface area contributed by atoms with E-state index >= 15 is 0 Å². The van der Waals surface area contributed by atoms with Crippen molar-refractivity contribution in [3.05, 3.63) is 93.3 Å². The smallest absolute Gasteiger partial charge is 0.221 e. The van der Waals surface area contributed by atoms with E-state index in [2.05, 4.69) is 34.9 Å². The number of halogens is 1. The zero-order chi connectivity index (χ0) is 23.6. The maximum atomic E-state index is 13.7. The van der Waals surface area contributed by atoms with E-state index in [1.165, 1.54) is 26.0 Å². The number of hydrogen-bond acceptors (Lipinski definition) is 2. The van der Waals surface area contributed by atoms with Gasteiger partial charge in [-0.1, -0.05) is 36.4 Å². The molecule has 5 heteroatoms. The molecule has 3 aromatic rings. The first-order valence-electron chi connectivity index (χ1n) is 10.6. The summed E-state index contributed by atoms with van der Waals surface area (Å²) in [6, 6.07) is 14.8. The van der Waals surface area contributed by atoms with E-state index in [0.717, 1.165) is 50.3 Å². The molecule has 0 aliphatic carbocycles. The van der Waals surface area contributed by atoms with Crippen molar-refractivity contribution in [2.24, 2.45) is 0 Å². The highest BCUT2D eigenvalue weighted by Crippen LogP contribution is 2.37. The summed E-state index contributed by atoms with van der Waals surface area (Å²) in [4.78, 5) is 23.2. The van der Waals surface area contributed by atoms with Crippen LogP contribution in [0.1, 0.15) is 58.7 Å². The third kappa shape index (κ3) is 5.05. The third-order valence-corrected chi connectivity index (χ3v) is 5.58. The van der Waals surface area contributed by atoms with Gasteiger partial charge in [0, 0.05) is 31.1 Å². The van der Waals surface area contributed by atoms with Gasteiger partial charge in [-0.2, -0.15) is 0 Å². The number of hydrogen-bond donors (Lipinski definition) is 2. The predicted molar refractivity (Wildman–Crippen MR) is 128 cm³/mol. The number of nitrogens with one attached hydrogen (secondary N) is 2. The normalized spacial score (nSPS) is 10.9. The number of rotatable bonds is 5. The molecule has 0 fully saturated rings. The monoisotopic (exact) mass is 432 g/mol. The Morgan fingerprint density at radius 1 is 0.656 bits per heavy atom. The molecule has 0 saturated heterocycles. The second-order valence-electron chi connectivity index (χ2n) is 8.41. The fourth-order valence-corrected chi connectivity index (χ4v) is 4.31. The molecule has 0 aliphatic heterocycles. The summed E-state index contributed by atoms with van der Waals surface area (Å²) < 4.78 is 13.7. The number of carbonyl (C=O) groups excluding carboxylic acids is 2. The molecule has 166 valence electrons. The average molecular weight is 433 g/mol. The van der Waals surface area contributed by atoms with Crippen LogP contribution >= 0.6 is 0 Å². The number of anilines is 2. The largest absolute Gasteiger partial charge is 0.326 e. The van der Waals surface area contributed by atoms with Gasteiger partial charge in [-0.15, -0.1) is 0 Å². The predicted octanol–water partition coefficient (Wildman–Crippen LogP) is 6.16. The summed E-state index contributed by atoms with van der Waals surface area (Å²) in [7, 11) is 0. The Morgan fingerprint density at radius 2 is 1.00 bits per heavy atom. The SMILES string of the molecule is CC(=O)Nc1c(C)cc(C(c2ccc(F)cc2)c2cc(C)c(NC(C)=O)c(C)c2)cc1C. The average Bonchev–Trinajstić information content (AvgIpc) is 2.69. The summed E-state index contributed by atoms with van der Waals surface area (Å²) in [5, 5.41) is 5.82. The highest BCUT2D eigenvalue weighted by atomic mass is 19.1. The fraction of sp³-hybridized carbons (Fsp3) is 0.259. The van der Waals surface area contributed by atoms with Gasteiger partial charge in [-0.3, -0.25) is 9.59 Å². The standard InChI is InChI=1S/C27H29FN2O2/c1-15-11-22(12-16(2)26(15)29-19(5)31)25(21-7-9-24(28)10-8-21)23-13-17(3)27(18(4)14-23)30-20(6)32/h7-14,25H,1-6H3,(H,29,31)(H,30,32). The summed E-state index contributed by atoms with van der Waals surface area (Å²) in [5.74, 6) is -0.643. The Balaban J connectivity index is 2.20. The van der Waals surface area contributed by atoms with Gasteiger partial charge < -0.3 is 10.6 Å². The van der Waals surface area contributed by atoms with Gasteiger partial charge in [0.2, 0.25) is 11.8 Å². The van der Waals surface area contributed by atoms with Gasteiger partial charge in [-0.25, -0.2) is 4.39 Å². The van der Waals surface area contributed by atoms with Crippen molar-refractivity contribution in [1.29, 1.82) is 0 Å². The first-order valence-corrected chi connectivity index (χ1v) is 10.6. The summed E-state index contributed by atoms with van der Waals surface area (Å²) in [6.45, 7) is 10.9. The van der Waals surface area contributed by atoms with E-state index in [4.69, 9.17) is 0 Å². The van der Waals surface area contributed by atoms with Crippen LogP contribution in [0.4, 0.5) is 15.8 Å². The number of aryl methyl sites for hydroxylation is 4. The van der Waals surface area contributed by atoms with Gasteiger partial charge in [0.05, 0.1) is 0 Å². The molecule has 0 aromatic heterocycles. The van der Waals surface area contributed by atoms with Crippen LogP contribution in [-0.2, 0) is 9.59 Å². The molecule has 2 N–H and O–H groups in total. The quantitative estimate of drug-likeness (QED) is 0.475. The van der Waals surface area contributed by atoms with Crippen molar-refractivity contribution in [2.45, 2.75) is 47.5 Å². The third-order valence-electron chi connectivity index (χ3n) is 5.58. The van der Waals surface area contributed by atoms with Crippen molar-refractivity contribution >= 4 is 23.2 Å². The van der Waals surface area contributed by atoms with Crippen LogP contribution in [0.15, 0.2) is 48.5 Å². The molecule has 0 saturated carbocycles. The first kappa shape index (κ1) is 23.2. The first-order chi connectivity index (χ1) is 15.1. The Kier molecular flexibility index (Phi) is 6.78. The zero-order valence-electron chi connectivity index (χ0n) is 19.4. The molecule has 0 atom stereocenters. The molecule has 0 unspecified atom stereocenters. The number of carbonyl (C=O) groups is 2. The van der Waals surface area contributed by atoms with Crippen molar-refractivity contribution in [3.8, 4) is 0 Å². The van der Waals surface area contributed by atoms with Crippen LogP contribution in [-0.4, -0.2) is 11.8 Å². The second kappa shape index (κ2) is 9.35. The molecule has 0 spiro atoms. The van der Waals surface area contributed by atoms with E-state index in [9.17, 15) is 14.0 Å². The van der Waals surface area contributed by atoms with Crippen LogP contribution in [0, 0.1) is 33.5 Å². The molecule has 3 aromatic carbocycles. The minimum atomic E-state index is -0.283. The number of amides is 2. The lowest BCUT2D eigenvalue weighted by molar-refractivity contribution is -0.115. The van der Waals surface area contributed by atoms with Crippen LogP contribution in [0.3, 0.4) is 0 Å². The lowest BCUT2D eigenvalue weighted by atomic mass is 9.82. The lowest BCUT2D eigenvalue weighted by Crippen LogP contribution is -2.12. The molecule has 0 radical (unpaired) electrons. The molecule has 4 nitrogen and oxygen atoms in total. The maximum absolute atomic E-state index is 13.7. The van der Waals surface area contributed by atoms with E-state index in [-0.39, 0.29) is 23.5 Å². The van der Waals surface area contributed by atoms with E-state index in [1.807, 2.05) is 27.7 Å². The Labute approximate surface area is 188 Å². The van der Waals surface area contributed by atoms with E-state index < -0.39 is 0 Å². The minimum Gasteiger partial charge on any atom is -0.326 e. The second-order valence-corrected chi connectivity index (χ2v) is 8.41. The highest BCUT2D eigenvalue weighted by molar-refractivity contribution is 5.91. The minimum absolute atomic E-state index is 0.112. The van der Waals surface area contributed by atoms with Gasteiger partial charge >= 0.3 is 0 Å². The van der Waals surface area contributed by atoms with E-state index in [1.54, 1.807) is 12.1 Å². The van der Waals surface area contributed by atoms with Gasteiger partial charge in [0.25, 0.3) is 0 Å². The summed E-state index contributed by atoms with van der Waals surface area (Å²) in [5.41, 5.74) is 8.54. The number of benzene rings is 3. The Bertz CT molecular complexity index is 1070. The van der Waals surface area contributed by atoms with Crippen molar-refractivity contribution in [3.63, 3.8) is 0 Å². The van der Waals surface area contributed by atoms with Crippen LogP contribution in [0.2, 0.25) is 0 Å². The van der Waals surface area contributed by atoms with Gasteiger partial charge in [-0.05, 0) is 78.8 Å². The Morgan fingerprint density at radius 3 is 1.31 bits per heavy atom. The van der Waals surface area contributed by atoms with Crippen molar-refractivity contribution in [2.75, 3.05) is 10.6 Å². The van der Waals surface area contributed by atoms with Crippen LogP contribution in [0.25, 0.3) is 0 Å². The zero-order valence-corrected chi connectivity index (χ0v) is 19.4. The lowest BCUT2D eigenvalue weighted by Gasteiger charge is -2.24. The molecule has 0 aliphatic rings. The molecule has 32 heavy (non-hydrogen) atoms. The summed E-state index contributed by atoms with van der Waals surface area (Å²) >= 11 is 0. The van der Waals surface area contributed by atoms with Crippen molar-refractivity contribution < 1.29 is 14.0 Å². The highest BCUT2D eigenvalue weighted by Gasteiger charge is 2.21. The fourth-order valence-electron chi connectivity index (χ4n) is 4.31.